The van der Waals surface area contributed by atoms with Crippen LogP contribution < -0.4 is 5.73 Å². The first kappa shape index (κ1) is 15.8. The smallest absolute Gasteiger partial charge is 0.0963 e. The van der Waals surface area contributed by atoms with Crippen molar-refractivity contribution in [2.24, 2.45) is 5.73 Å². The monoisotopic (exact) mass is 292 g/mol. The van der Waals surface area contributed by atoms with Gasteiger partial charge in [-0.2, -0.15) is 0 Å². The van der Waals surface area contributed by atoms with Gasteiger partial charge in [0.2, 0.25) is 0 Å². The van der Waals surface area contributed by atoms with Gasteiger partial charge in [-0.1, -0.05) is 57.4 Å². The number of aromatic nitrogens is 1. The van der Waals surface area contributed by atoms with E-state index in [0.29, 0.717) is 11.3 Å². The first-order valence-electron chi connectivity index (χ1n) is 8.19. The molecule has 0 bridgehead atoms. The van der Waals surface area contributed by atoms with Crippen LogP contribution in [0.15, 0.2) is 29.4 Å². The Morgan fingerprint density at radius 1 is 0.900 bits per heavy atom. The Morgan fingerprint density at radius 2 is 1.55 bits per heavy atom. The van der Waals surface area contributed by atoms with Crippen LogP contribution >= 0.6 is 11.8 Å². The minimum absolute atomic E-state index is 0.321. The molecule has 1 fully saturated rings. The van der Waals surface area contributed by atoms with Crippen LogP contribution in [0.5, 0.6) is 0 Å². The van der Waals surface area contributed by atoms with E-state index in [4.69, 9.17) is 5.73 Å². The van der Waals surface area contributed by atoms with Crippen molar-refractivity contribution in [1.29, 1.82) is 0 Å². The zero-order valence-electron chi connectivity index (χ0n) is 12.5. The summed E-state index contributed by atoms with van der Waals surface area (Å²) in [6.07, 6.45) is 15.3. The molecule has 1 saturated carbocycles. The lowest BCUT2D eigenvalue weighted by atomic mass is 9.98. The summed E-state index contributed by atoms with van der Waals surface area (Å²) in [6.45, 7) is 0. The van der Waals surface area contributed by atoms with Crippen LogP contribution in [0, 0.1) is 0 Å². The molecule has 2 nitrogen and oxygen atoms in total. The Kier molecular flexibility index (Phi) is 7.45. The van der Waals surface area contributed by atoms with Gasteiger partial charge in [-0.25, -0.2) is 4.98 Å². The number of hydrogen-bond donors (Lipinski definition) is 1. The number of hydrogen-bond acceptors (Lipinski definition) is 3. The molecule has 3 heteroatoms. The van der Waals surface area contributed by atoms with Crippen molar-refractivity contribution in [1.82, 2.24) is 4.98 Å². The third kappa shape index (κ3) is 5.84. The molecule has 112 valence electrons. The van der Waals surface area contributed by atoms with Crippen LogP contribution in [0.1, 0.15) is 64.2 Å². The molecule has 2 rings (SSSR count). The van der Waals surface area contributed by atoms with Crippen molar-refractivity contribution in [3.63, 3.8) is 0 Å². The number of thioether (sulfide) groups is 1. The molecule has 0 saturated heterocycles. The SMILES string of the molecule is NC1CCCCCCCCCCC1Sc1ccccn1. The summed E-state index contributed by atoms with van der Waals surface area (Å²) in [5, 5.41) is 1.66. The molecule has 0 amide bonds. The highest BCUT2D eigenvalue weighted by Crippen LogP contribution is 2.29. The average molecular weight is 292 g/mol. The van der Waals surface area contributed by atoms with Crippen molar-refractivity contribution < 1.29 is 0 Å². The highest BCUT2D eigenvalue weighted by molar-refractivity contribution is 7.99. The van der Waals surface area contributed by atoms with E-state index in [0.717, 1.165) is 5.03 Å². The van der Waals surface area contributed by atoms with Crippen LogP contribution in [0.2, 0.25) is 0 Å². The molecule has 20 heavy (non-hydrogen) atoms. The number of nitrogens with two attached hydrogens (primary N) is 1. The van der Waals surface area contributed by atoms with E-state index in [9.17, 15) is 0 Å². The maximum atomic E-state index is 6.46. The molecule has 1 aromatic heterocycles. The fourth-order valence-electron chi connectivity index (χ4n) is 2.90. The van der Waals surface area contributed by atoms with Crippen LogP contribution in [-0.4, -0.2) is 16.3 Å². The Hall–Kier alpha value is -0.540. The maximum Gasteiger partial charge on any atom is 0.0963 e. The molecule has 0 aliphatic heterocycles. The second-order valence-corrected chi connectivity index (χ2v) is 7.15. The van der Waals surface area contributed by atoms with E-state index in [1.807, 2.05) is 24.0 Å². The van der Waals surface area contributed by atoms with Gasteiger partial charge in [0.25, 0.3) is 0 Å². The highest BCUT2D eigenvalue weighted by Gasteiger charge is 2.19. The molecule has 2 unspecified atom stereocenters. The van der Waals surface area contributed by atoms with Gasteiger partial charge in [-0.05, 0) is 25.0 Å². The van der Waals surface area contributed by atoms with E-state index >= 15 is 0 Å². The van der Waals surface area contributed by atoms with Crippen LogP contribution in [0.25, 0.3) is 0 Å². The third-order valence-electron chi connectivity index (χ3n) is 4.16. The first-order chi connectivity index (χ1) is 9.86. The summed E-state index contributed by atoms with van der Waals surface area (Å²) in [5.41, 5.74) is 6.46. The fourth-order valence-corrected chi connectivity index (χ4v) is 4.09. The van der Waals surface area contributed by atoms with Gasteiger partial charge in [0.15, 0.2) is 0 Å². The average Bonchev–Trinajstić information content (AvgIpc) is 2.47. The van der Waals surface area contributed by atoms with Gasteiger partial charge < -0.3 is 5.73 Å². The van der Waals surface area contributed by atoms with Crippen LogP contribution in [0.3, 0.4) is 0 Å². The fraction of sp³-hybridized carbons (Fsp3) is 0.706. The van der Waals surface area contributed by atoms with E-state index in [-0.39, 0.29) is 0 Å². The molecule has 2 N–H and O–H groups in total. The number of pyridine rings is 1. The number of rotatable bonds is 2. The van der Waals surface area contributed by atoms with Crippen molar-refractivity contribution in [3.05, 3.63) is 24.4 Å². The van der Waals surface area contributed by atoms with Crippen LogP contribution in [-0.2, 0) is 0 Å². The molecular weight excluding hydrogens is 264 g/mol. The van der Waals surface area contributed by atoms with Gasteiger partial charge in [0.05, 0.1) is 5.03 Å². The Bertz CT molecular complexity index is 355. The Morgan fingerprint density at radius 3 is 2.20 bits per heavy atom. The minimum Gasteiger partial charge on any atom is -0.327 e. The van der Waals surface area contributed by atoms with Crippen molar-refractivity contribution >= 4 is 11.8 Å². The highest BCUT2D eigenvalue weighted by atomic mass is 32.2. The second-order valence-electron chi connectivity index (χ2n) is 5.89. The normalized spacial score (nSPS) is 26.4. The summed E-state index contributed by atoms with van der Waals surface area (Å²) in [4.78, 5) is 4.44. The minimum atomic E-state index is 0.321. The van der Waals surface area contributed by atoms with E-state index in [2.05, 4.69) is 17.1 Å². The van der Waals surface area contributed by atoms with Gasteiger partial charge >= 0.3 is 0 Å². The van der Waals surface area contributed by atoms with Crippen LogP contribution in [0.4, 0.5) is 0 Å². The first-order valence-corrected chi connectivity index (χ1v) is 9.07. The molecular formula is C17H28N2S. The van der Waals surface area contributed by atoms with Crippen molar-refractivity contribution in [2.45, 2.75) is 80.5 Å². The molecule has 0 spiro atoms. The van der Waals surface area contributed by atoms with Gasteiger partial charge in [-0.15, -0.1) is 11.8 Å². The Balaban J connectivity index is 1.90. The lowest BCUT2D eigenvalue weighted by molar-refractivity contribution is 0.473. The second kappa shape index (κ2) is 9.41. The summed E-state index contributed by atoms with van der Waals surface area (Å²) >= 11 is 1.89. The molecule has 1 aromatic rings. The summed E-state index contributed by atoms with van der Waals surface area (Å²) in [6, 6.07) is 6.47. The van der Waals surface area contributed by atoms with E-state index in [1.165, 1.54) is 64.2 Å². The lowest BCUT2D eigenvalue weighted by Gasteiger charge is -2.23. The molecule has 1 heterocycles. The molecule has 0 aromatic carbocycles. The molecule has 0 radical (unpaired) electrons. The van der Waals surface area contributed by atoms with Gasteiger partial charge in [-0.3, -0.25) is 0 Å². The maximum absolute atomic E-state index is 6.46. The summed E-state index contributed by atoms with van der Waals surface area (Å²) < 4.78 is 0. The Labute approximate surface area is 127 Å². The van der Waals surface area contributed by atoms with Crippen molar-refractivity contribution in [3.8, 4) is 0 Å². The zero-order chi connectivity index (χ0) is 14.0. The third-order valence-corrected chi connectivity index (χ3v) is 5.53. The quantitative estimate of drug-likeness (QED) is 0.852. The van der Waals surface area contributed by atoms with E-state index < -0.39 is 0 Å². The molecule has 1 aliphatic rings. The summed E-state index contributed by atoms with van der Waals surface area (Å²) in [7, 11) is 0. The lowest BCUT2D eigenvalue weighted by Crippen LogP contribution is -2.32. The van der Waals surface area contributed by atoms with Gasteiger partial charge in [0, 0.05) is 17.5 Å². The topological polar surface area (TPSA) is 38.9 Å². The van der Waals surface area contributed by atoms with E-state index in [1.54, 1.807) is 0 Å². The van der Waals surface area contributed by atoms with Crippen molar-refractivity contribution in [2.75, 3.05) is 0 Å². The molecule has 1 aliphatic carbocycles. The van der Waals surface area contributed by atoms with Gasteiger partial charge in [0.1, 0.15) is 0 Å². The largest absolute Gasteiger partial charge is 0.327 e. The predicted molar refractivity (Wildman–Crippen MR) is 88.0 cm³/mol. The standard InChI is InChI=1S/C17H28N2S/c18-15-11-7-5-3-1-2-4-6-8-12-16(15)20-17-13-9-10-14-19-17/h9-10,13-16H,1-8,11-12,18H2. The zero-order valence-corrected chi connectivity index (χ0v) is 13.3. The number of nitrogens with zero attached hydrogens (tertiary/aromatic N) is 1. The molecule has 2 atom stereocenters. The summed E-state index contributed by atoms with van der Waals surface area (Å²) in [5.74, 6) is 0. The predicted octanol–water partition coefficient (Wildman–Crippen LogP) is 4.78.